The fourth-order valence-corrected chi connectivity index (χ4v) is 3.36. The van der Waals surface area contributed by atoms with Crippen LogP contribution in [0, 0.1) is 5.92 Å². The van der Waals surface area contributed by atoms with Gasteiger partial charge in [-0.15, -0.1) is 0 Å². The second kappa shape index (κ2) is 4.64. The predicted molar refractivity (Wildman–Crippen MR) is 68.5 cm³/mol. The zero-order chi connectivity index (χ0) is 10.9. The number of piperazine rings is 1. The summed E-state index contributed by atoms with van der Waals surface area (Å²) in [4.78, 5) is 2.73. The van der Waals surface area contributed by atoms with Gasteiger partial charge in [-0.3, -0.25) is 4.90 Å². The van der Waals surface area contributed by atoms with Crippen molar-refractivity contribution in [3.05, 3.63) is 0 Å². The summed E-state index contributed by atoms with van der Waals surface area (Å²) in [5.41, 5.74) is 0. The molecular formula is C12H24N2S. The van der Waals surface area contributed by atoms with Crippen LogP contribution >= 0.6 is 11.8 Å². The van der Waals surface area contributed by atoms with Crippen LogP contribution in [0.3, 0.4) is 0 Å². The summed E-state index contributed by atoms with van der Waals surface area (Å²) < 4.78 is 0.629. The molecule has 15 heavy (non-hydrogen) atoms. The molecule has 2 rings (SSSR count). The molecule has 1 aliphatic heterocycles. The highest BCUT2D eigenvalue weighted by atomic mass is 32.2. The average molecular weight is 228 g/mol. The third kappa shape index (κ3) is 2.69. The first-order chi connectivity index (χ1) is 7.17. The highest BCUT2D eigenvalue weighted by Gasteiger charge is 2.44. The van der Waals surface area contributed by atoms with E-state index in [1.165, 1.54) is 39.0 Å². The Balaban J connectivity index is 1.93. The normalized spacial score (nSPS) is 30.8. The monoisotopic (exact) mass is 228 g/mol. The minimum absolute atomic E-state index is 0.629. The summed E-state index contributed by atoms with van der Waals surface area (Å²) in [5, 5.41) is 3.52. The maximum atomic E-state index is 3.52. The van der Waals surface area contributed by atoms with Gasteiger partial charge in [-0.1, -0.05) is 13.8 Å². The first kappa shape index (κ1) is 11.7. The highest BCUT2D eigenvalue weighted by Crippen LogP contribution is 2.48. The first-order valence-corrected chi connectivity index (χ1v) is 7.39. The minimum Gasteiger partial charge on any atom is -0.314 e. The third-order valence-corrected chi connectivity index (χ3v) is 5.30. The van der Waals surface area contributed by atoms with Crippen molar-refractivity contribution in [2.24, 2.45) is 5.92 Å². The number of thioether (sulfide) groups is 1. The van der Waals surface area contributed by atoms with Gasteiger partial charge in [0.15, 0.2) is 0 Å². The second-order valence-corrected chi connectivity index (χ2v) is 6.65. The van der Waals surface area contributed by atoms with E-state index >= 15 is 0 Å². The number of hydrogen-bond acceptors (Lipinski definition) is 3. The van der Waals surface area contributed by atoms with Crippen molar-refractivity contribution in [2.75, 3.05) is 32.4 Å². The molecule has 1 saturated carbocycles. The lowest BCUT2D eigenvalue weighted by Gasteiger charge is -2.40. The van der Waals surface area contributed by atoms with Gasteiger partial charge >= 0.3 is 0 Å². The molecule has 1 heterocycles. The highest BCUT2D eigenvalue weighted by molar-refractivity contribution is 8.00. The van der Waals surface area contributed by atoms with Crippen LogP contribution in [-0.4, -0.2) is 48.1 Å². The number of nitrogens with zero attached hydrogens (tertiary/aromatic N) is 1. The molecule has 1 aliphatic carbocycles. The van der Waals surface area contributed by atoms with Crippen LogP contribution in [0.15, 0.2) is 0 Å². The molecule has 0 aromatic carbocycles. The van der Waals surface area contributed by atoms with Crippen LogP contribution in [0.5, 0.6) is 0 Å². The quantitative estimate of drug-likeness (QED) is 0.790. The van der Waals surface area contributed by atoms with Crippen LogP contribution in [0.4, 0.5) is 0 Å². The van der Waals surface area contributed by atoms with Crippen LogP contribution in [0.25, 0.3) is 0 Å². The third-order valence-electron chi connectivity index (χ3n) is 3.90. The Hall–Kier alpha value is 0.270. The molecule has 0 spiro atoms. The molecule has 88 valence electrons. The first-order valence-electron chi connectivity index (χ1n) is 6.17. The van der Waals surface area contributed by atoms with Gasteiger partial charge in [0.2, 0.25) is 0 Å². The van der Waals surface area contributed by atoms with Gasteiger partial charge in [-0.25, -0.2) is 0 Å². The molecule has 2 nitrogen and oxygen atoms in total. The van der Waals surface area contributed by atoms with Crippen molar-refractivity contribution >= 4 is 11.8 Å². The van der Waals surface area contributed by atoms with Crippen molar-refractivity contribution in [2.45, 2.75) is 37.5 Å². The lowest BCUT2D eigenvalue weighted by molar-refractivity contribution is 0.123. The topological polar surface area (TPSA) is 15.3 Å². The molecule has 0 bridgehead atoms. The van der Waals surface area contributed by atoms with E-state index in [9.17, 15) is 0 Å². The van der Waals surface area contributed by atoms with Crippen molar-refractivity contribution in [3.8, 4) is 0 Å². The maximum Gasteiger partial charge on any atom is 0.0285 e. The van der Waals surface area contributed by atoms with E-state index in [4.69, 9.17) is 0 Å². The Morgan fingerprint density at radius 2 is 2.20 bits per heavy atom. The molecule has 0 aromatic heterocycles. The lowest BCUT2D eigenvalue weighted by Crippen LogP contribution is -2.55. The molecule has 2 fully saturated rings. The molecule has 0 amide bonds. The number of hydrogen-bond donors (Lipinski definition) is 1. The van der Waals surface area contributed by atoms with E-state index in [2.05, 4.69) is 42.1 Å². The van der Waals surface area contributed by atoms with Crippen LogP contribution < -0.4 is 5.32 Å². The van der Waals surface area contributed by atoms with Gasteiger partial charge < -0.3 is 5.32 Å². The summed E-state index contributed by atoms with van der Waals surface area (Å²) in [5.74, 6) is 0.774. The zero-order valence-corrected chi connectivity index (χ0v) is 11.1. The van der Waals surface area contributed by atoms with Crippen molar-refractivity contribution in [1.82, 2.24) is 10.2 Å². The Labute approximate surface area is 98.2 Å². The standard InChI is InChI=1S/C12H24N2S/c1-10(2)11-8-13-6-7-14(11)9-12(15-3)4-5-12/h10-11,13H,4-9H2,1-3H3. The summed E-state index contributed by atoms with van der Waals surface area (Å²) in [6, 6.07) is 0.753. The van der Waals surface area contributed by atoms with E-state index in [1.807, 2.05) is 0 Å². The fraction of sp³-hybridized carbons (Fsp3) is 1.00. The van der Waals surface area contributed by atoms with E-state index in [0.717, 1.165) is 12.0 Å². The Morgan fingerprint density at radius 3 is 2.73 bits per heavy atom. The molecule has 3 heteroatoms. The van der Waals surface area contributed by atoms with Gasteiger partial charge in [-0.2, -0.15) is 11.8 Å². The predicted octanol–water partition coefficient (Wildman–Crippen LogP) is 1.81. The Bertz CT molecular complexity index is 214. The van der Waals surface area contributed by atoms with Crippen molar-refractivity contribution in [1.29, 1.82) is 0 Å². The van der Waals surface area contributed by atoms with Crippen molar-refractivity contribution < 1.29 is 0 Å². The average Bonchev–Trinajstić information content (AvgIpc) is 2.99. The summed E-state index contributed by atoms with van der Waals surface area (Å²) in [6.45, 7) is 9.62. The molecule has 0 radical (unpaired) electrons. The maximum absolute atomic E-state index is 3.52. The van der Waals surface area contributed by atoms with Crippen LogP contribution in [-0.2, 0) is 0 Å². The van der Waals surface area contributed by atoms with Gasteiger partial charge in [0.05, 0.1) is 0 Å². The molecule has 1 N–H and O–H groups in total. The summed E-state index contributed by atoms with van der Waals surface area (Å²) in [6.07, 6.45) is 5.14. The second-order valence-electron chi connectivity index (χ2n) is 5.37. The molecule has 2 aliphatic rings. The van der Waals surface area contributed by atoms with E-state index < -0.39 is 0 Å². The number of nitrogens with one attached hydrogen (secondary N) is 1. The van der Waals surface area contributed by atoms with Gasteiger partial charge in [0.1, 0.15) is 0 Å². The molecular weight excluding hydrogens is 204 g/mol. The summed E-state index contributed by atoms with van der Waals surface area (Å²) >= 11 is 2.08. The molecule has 0 aromatic rings. The van der Waals surface area contributed by atoms with Crippen molar-refractivity contribution in [3.63, 3.8) is 0 Å². The van der Waals surface area contributed by atoms with Gasteiger partial charge in [-0.05, 0) is 25.0 Å². The Morgan fingerprint density at radius 1 is 1.47 bits per heavy atom. The zero-order valence-electron chi connectivity index (χ0n) is 10.3. The number of rotatable bonds is 4. The van der Waals surface area contributed by atoms with Gasteiger partial charge in [0, 0.05) is 37.0 Å². The van der Waals surface area contributed by atoms with Crippen LogP contribution in [0.1, 0.15) is 26.7 Å². The minimum atomic E-state index is 0.629. The fourth-order valence-electron chi connectivity index (χ4n) is 2.56. The van der Waals surface area contributed by atoms with E-state index in [-0.39, 0.29) is 0 Å². The van der Waals surface area contributed by atoms with Gasteiger partial charge in [0.25, 0.3) is 0 Å². The smallest absolute Gasteiger partial charge is 0.0285 e. The van der Waals surface area contributed by atoms with Crippen LogP contribution in [0.2, 0.25) is 0 Å². The molecule has 1 atom stereocenters. The molecule has 1 unspecified atom stereocenters. The summed E-state index contributed by atoms with van der Waals surface area (Å²) in [7, 11) is 0. The Kier molecular flexibility index (Phi) is 3.63. The van der Waals surface area contributed by atoms with E-state index in [1.54, 1.807) is 0 Å². The lowest BCUT2D eigenvalue weighted by atomic mass is 10.0. The molecule has 1 saturated heterocycles. The largest absolute Gasteiger partial charge is 0.314 e. The SMILES string of the molecule is CSC1(CN2CCNCC2C(C)C)CC1. The van der Waals surface area contributed by atoms with E-state index in [0.29, 0.717) is 4.75 Å².